The maximum atomic E-state index is 5.60. The molecule has 0 aliphatic carbocycles. The Morgan fingerprint density at radius 3 is 2.53 bits per heavy atom. The summed E-state index contributed by atoms with van der Waals surface area (Å²) in [6.07, 6.45) is 2.37. The third-order valence-corrected chi connectivity index (χ3v) is 3.84. The topological polar surface area (TPSA) is 38.5 Å². The Kier molecular flexibility index (Phi) is 5.31. The van der Waals surface area contributed by atoms with Crippen molar-refractivity contribution in [3.8, 4) is 0 Å². The Labute approximate surface area is 120 Å². The minimum absolute atomic E-state index is 0.460. The van der Waals surface area contributed by atoms with Gasteiger partial charge in [0.15, 0.2) is 0 Å². The van der Waals surface area contributed by atoms with Crippen LogP contribution in [0.25, 0.3) is 0 Å². The Hall–Kier alpha value is -0.970. The second kappa shape index (κ2) is 6.98. The molecule has 0 amide bonds. The van der Waals surface area contributed by atoms with Gasteiger partial charge in [-0.05, 0) is 31.4 Å². The average Bonchev–Trinajstić information content (AvgIpc) is 2.40. The predicted molar refractivity (Wildman–Crippen MR) is 82.2 cm³/mol. The lowest BCUT2D eigenvalue weighted by molar-refractivity contribution is 0.0549. The first-order chi connectivity index (χ1) is 9.15. The Balaban J connectivity index is 1.83. The van der Waals surface area contributed by atoms with Crippen molar-refractivity contribution < 1.29 is 4.74 Å². The van der Waals surface area contributed by atoms with Gasteiger partial charge >= 0.3 is 0 Å². The van der Waals surface area contributed by atoms with E-state index in [9.17, 15) is 0 Å². The summed E-state index contributed by atoms with van der Waals surface area (Å²) < 4.78 is 5.39. The third kappa shape index (κ3) is 4.56. The second-order valence-corrected chi connectivity index (χ2v) is 5.75. The number of thiocarbonyl (C=S) groups is 1. The smallest absolute Gasteiger partial charge is 0.103 e. The van der Waals surface area contributed by atoms with Crippen molar-refractivity contribution in [1.29, 1.82) is 0 Å². The van der Waals surface area contributed by atoms with Gasteiger partial charge in [-0.3, -0.25) is 0 Å². The van der Waals surface area contributed by atoms with Gasteiger partial charge in [-0.15, -0.1) is 0 Å². The summed E-state index contributed by atoms with van der Waals surface area (Å²) in [5.41, 5.74) is 7.83. The molecule has 0 saturated carbocycles. The van der Waals surface area contributed by atoms with Crippen LogP contribution in [0.2, 0.25) is 0 Å². The summed E-state index contributed by atoms with van der Waals surface area (Å²) in [7, 11) is 2.18. The zero-order valence-electron chi connectivity index (χ0n) is 11.5. The van der Waals surface area contributed by atoms with Gasteiger partial charge < -0.3 is 15.4 Å². The van der Waals surface area contributed by atoms with Crippen molar-refractivity contribution in [2.75, 3.05) is 26.8 Å². The summed E-state index contributed by atoms with van der Waals surface area (Å²) >= 11 is 4.96. The third-order valence-electron chi connectivity index (χ3n) is 3.60. The number of hydrogen-bond acceptors (Lipinski definition) is 3. The molecule has 0 bridgehead atoms. The molecule has 3 nitrogen and oxygen atoms in total. The maximum absolute atomic E-state index is 5.60. The van der Waals surface area contributed by atoms with Crippen LogP contribution in [-0.4, -0.2) is 36.7 Å². The van der Waals surface area contributed by atoms with Crippen LogP contribution in [0.3, 0.4) is 0 Å². The quantitative estimate of drug-likeness (QED) is 0.838. The van der Waals surface area contributed by atoms with Crippen molar-refractivity contribution >= 4 is 17.2 Å². The van der Waals surface area contributed by atoms with E-state index in [0.717, 1.165) is 37.8 Å². The molecule has 4 heteroatoms. The molecule has 2 N–H and O–H groups in total. The summed E-state index contributed by atoms with van der Waals surface area (Å²) in [6, 6.07) is 8.21. The van der Waals surface area contributed by atoms with Crippen molar-refractivity contribution in [2.45, 2.75) is 19.4 Å². The van der Waals surface area contributed by atoms with Crippen LogP contribution in [0, 0.1) is 5.92 Å². The minimum atomic E-state index is 0.460. The Morgan fingerprint density at radius 2 is 1.95 bits per heavy atom. The lowest BCUT2D eigenvalue weighted by atomic mass is 9.99. The molecular weight excluding hydrogens is 256 g/mol. The lowest BCUT2D eigenvalue weighted by Crippen LogP contribution is -2.29. The zero-order valence-corrected chi connectivity index (χ0v) is 12.3. The molecule has 0 atom stereocenters. The highest BCUT2D eigenvalue weighted by atomic mass is 32.1. The molecule has 1 aromatic rings. The first-order valence-corrected chi connectivity index (χ1v) is 7.21. The number of hydrogen-bond donors (Lipinski definition) is 1. The van der Waals surface area contributed by atoms with Crippen LogP contribution < -0.4 is 5.73 Å². The molecule has 0 spiro atoms. The van der Waals surface area contributed by atoms with E-state index in [1.165, 1.54) is 18.4 Å². The molecule has 1 fully saturated rings. The van der Waals surface area contributed by atoms with Crippen LogP contribution in [0.5, 0.6) is 0 Å². The highest BCUT2D eigenvalue weighted by Crippen LogP contribution is 2.16. The number of nitrogens with two attached hydrogens (primary N) is 1. The normalized spacial score (nSPS) is 16.7. The van der Waals surface area contributed by atoms with Gasteiger partial charge in [0, 0.05) is 31.9 Å². The largest absolute Gasteiger partial charge is 0.389 e. The fourth-order valence-corrected chi connectivity index (χ4v) is 2.66. The molecule has 1 heterocycles. The van der Waals surface area contributed by atoms with Gasteiger partial charge in [0.25, 0.3) is 0 Å². The molecule has 1 aromatic carbocycles. The number of rotatable bonds is 5. The Bertz CT molecular complexity index is 413. The molecule has 19 heavy (non-hydrogen) atoms. The number of nitrogens with zero attached hydrogens (tertiary/aromatic N) is 1. The van der Waals surface area contributed by atoms with E-state index in [1.54, 1.807) is 0 Å². The lowest BCUT2D eigenvalue weighted by Gasteiger charge is -2.27. The predicted octanol–water partition coefficient (Wildman–Crippen LogP) is 2.18. The first-order valence-electron chi connectivity index (χ1n) is 6.80. The Morgan fingerprint density at radius 1 is 1.32 bits per heavy atom. The SMILES string of the molecule is CN(Cc1ccc(C(N)=S)cc1)CC1CCOCC1. The molecule has 1 saturated heterocycles. The van der Waals surface area contributed by atoms with Crippen LogP contribution in [0.1, 0.15) is 24.0 Å². The van der Waals surface area contributed by atoms with E-state index in [2.05, 4.69) is 24.1 Å². The maximum Gasteiger partial charge on any atom is 0.103 e. The van der Waals surface area contributed by atoms with E-state index in [1.807, 2.05) is 12.1 Å². The van der Waals surface area contributed by atoms with E-state index in [-0.39, 0.29) is 0 Å². The minimum Gasteiger partial charge on any atom is -0.389 e. The van der Waals surface area contributed by atoms with Gasteiger partial charge in [0.2, 0.25) is 0 Å². The molecule has 0 aromatic heterocycles. The van der Waals surface area contributed by atoms with Crippen LogP contribution in [0.4, 0.5) is 0 Å². The molecule has 2 rings (SSSR count). The second-order valence-electron chi connectivity index (χ2n) is 5.31. The van der Waals surface area contributed by atoms with E-state index in [4.69, 9.17) is 22.7 Å². The summed E-state index contributed by atoms with van der Waals surface area (Å²) in [5.74, 6) is 0.773. The van der Waals surface area contributed by atoms with Crippen LogP contribution >= 0.6 is 12.2 Å². The summed E-state index contributed by atoms with van der Waals surface area (Å²) in [5, 5.41) is 0. The van der Waals surface area contributed by atoms with E-state index >= 15 is 0 Å². The summed E-state index contributed by atoms with van der Waals surface area (Å²) in [6.45, 7) is 3.94. The van der Waals surface area contributed by atoms with Gasteiger partial charge in [-0.1, -0.05) is 36.5 Å². The summed E-state index contributed by atoms with van der Waals surface area (Å²) in [4.78, 5) is 2.84. The molecule has 1 aliphatic heterocycles. The van der Waals surface area contributed by atoms with Gasteiger partial charge in [-0.2, -0.15) is 0 Å². The van der Waals surface area contributed by atoms with Crippen LogP contribution in [0.15, 0.2) is 24.3 Å². The fraction of sp³-hybridized carbons (Fsp3) is 0.533. The fourth-order valence-electron chi connectivity index (χ4n) is 2.52. The van der Waals surface area contributed by atoms with Crippen molar-refractivity contribution in [2.24, 2.45) is 11.7 Å². The molecule has 104 valence electrons. The average molecular weight is 278 g/mol. The van der Waals surface area contributed by atoms with Gasteiger partial charge in [-0.25, -0.2) is 0 Å². The first kappa shape index (κ1) is 14.4. The molecule has 0 unspecified atom stereocenters. The highest BCUT2D eigenvalue weighted by molar-refractivity contribution is 7.80. The van der Waals surface area contributed by atoms with E-state index in [0.29, 0.717) is 4.99 Å². The molecule has 1 aliphatic rings. The monoisotopic (exact) mass is 278 g/mol. The van der Waals surface area contributed by atoms with Crippen molar-refractivity contribution in [3.63, 3.8) is 0 Å². The van der Waals surface area contributed by atoms with Gasteiger partial charge in [0.05, 0.1) is 0 Å². The highest BCUT2D eigenvalue weighted by Gasteiger charge is 2.15. The number of ether oxygens (including phenoxy) is 1. The van der Waals surface area contributed by atoms with Crippen LogP contribution in [-0.2, 0) is 11.3 Å². The van der Waals surface area contributed by atoms with Crippen molar-refractivity contribution in [1.82, 2.24) is 4.90 Å². The number of benzene rings is 1. The standard InChI is InChI=1S/C15H22N2OS/c1-17(11-13-6-8-18-9-7-13)10-12-2-4-14(5-3-12)15(16)19/h2-5,13H,6-11H2,1H3,(H2,16,19). The van der Waals surface area contributed by atoms with Crippen molar-refractivity contribution in [3.05, 3.63) is 35.4 Å². The molecule has 0 radical (unpaired) electrons. The van der Waals surface area contributed by atoms with Gasteiger partial charge in [0.1, 0.15) is 4.99 Å². The van der Waals surface area contributed by atoms with E-state index < -0.39 is 0 Å². The molecular formula is C15H22N2OS. The zero-order chi connectivity index (χ0) is 13.7.